The number of hydrogen-bond donors (Lipinski definition) is 2. The molecular formula is C15H26N4O. The molecular weight excluding hydrogens is 252 g/mol. The van der Waals surface area contributed by atoms with Crippen molar-refractivity contribution in [1.29, 1.82) is 0 Å². The molecule has 0 atom stereocenters. The lowest BCUT2D eigenvalue weighted by Crippen LogP contribution is -2.33. The summed E-state index contributed by atoms with van der Waals surface area (Å²) in [6, 6.07) is 2.12. The fourth-order valence-corrected chi connectivity index (χ4v) is 2.00. The Labute approximate surface area is 121 Å². The number of carbonyl (C=O) groups is 1. The molecule has 1 aromatic heterocycles. The highest BCUT2D eigenvalue weighted by Gasteiger charge is 2.10. The van der Waals surface area contributed by atoms with Crippen LogP contribution in [0.5, 0.6) is 0 Å². The van der Waals surface area contributed by atoms with Gasteiger partial charge in [0, 0.05) is 26.8 Å². The van der Waals surface area contributed by atoms with Crippen LogP contribution >= 0.6 is 0 Å². The average molecular weight is 278 g/mol. The number of hydrogen-bond acceptors (Lipinski definition) is 4. The molecule has 0 radical (unpaired) electrons. The van der Waals surface area contributed by atoms with Gasteiger partial charge in [0.2, 0.25) is 5.91 Å². The zero-order valence-electron chi connectivity index (χ0n) is 13.2. The molecule has 1 amide bonds. The van der Waals surface area contributed by atoms with E-state index in [-0.39, 0.29) is 5.91 Å². The van der Waals surface area contributed by atoms with Crippen LogP contribution in [0.1, 0.15) is 25.0 Å². The molecule has 112 valence electrons. The average Bonchev–Trinajstić information content (AvgIpc) is 2.38. The van der Waals surface area contributed by atoms with Gasteiger partial charge in [-0.15, -0.1) is 0 Å². The quantitative estimate of drug-likeness (QED) is 0.790. The summed E-state index contributed by atoms with van der Waals surface area (Å²) in [5, 5.41) is 6.02. The maximum Gasteiger partial charge on any atom is 0.239 e. The van der Waals surface area contributed by atoms with Crippen molar-refractivity contribution in [3.63, 3.8) is 0 Å². The monoisotopic (exact) mass is 278 g/mol. The number of nitrogens with zero attached hydrogens (tertiary/aromatic N) is 2. The van der Waals surface area contributed by atoms with Crippen LogP contribution in [0.15, 0.2) is 12.3 Å². The molecule has 0 aliphatic heterocycles. The number of carbonyl (C=O) groups excluding carboxylic acids is 1. The van der Waals surface area contributed by atoms with E-state index in [1.54, 1.807) is 7.05 Å². The lowest BCUT2D eigenvalue weighted by molar-refractivity contribution is -0.119. The molecule has 2 N–H and O–H groups in total. The van der Waals surface area contributed by atoms with Crippen LogP contribution in [0.25, 0.3) is 0 Å². The van der Waals surface area contributed by atoms with Crippen molar-refractivity contribution in [2.24, 2.45) is 5.92 Å². The summed E-state index contributed by atoms with van der Waals surface area (Å²) < 4.78 is 0. The van der Waals surface area contributed by atoms with E-state index in [1.165, 1.54) is 5.56 Å². The predicted molar refractivity (Wildman–Crippen MR) is 82.9 cm³/mol. The summed E-state index contributed by atoms with van der Waals surface area (Å²) in [6.45, 7) is 8.54. The minimum atomic E-state index is -0.0172. The highest BCUT2D eigenvalue weighted by Crippen LogP contribution is 2.16. The highest BCUT2D eigenvalue weighted by molar-refractivity contribution is 5.80. The number of likely N-dealkylation sites (N-methyl/N-ethyl adjacent to an activating group) is 2. The van der Waals surface area contributed by atoms with Gasteiger partial charge in [0.25, 0.3) is 0 Å². The summed E-state index contributed by atoms with van der Waals surface area (Å²) in [6.07, 6.45) is 1.87. The van der Waals surface area contributed by atoms with Crippen LogP contribution in [0.2, 0.25) is 0 Å². The molecule has 0 aromatic carbocycles. The first kappa shape index (κ1) is 16.4. The van der Waals surface area contributed by atoms with E-state index in [9.17, 15) is 4.79 Å². The Hall–Kier alpha value is -1.62. The second-order valence-corrected chi connectivity index (χ2v) is 5.54. The Morgan fingerprint density at radius 3 is 2.70 bits per heavy atom. The SMILES string of the molecule is CNC(=O)CN(C)c1ncc(CNCC(C)C)cc1C. The number of rotatable bonds is 7. The molecule has 0 aliphatic rings. The van der Waals surface area contributed by atoms with E-state index < -0.39 is 0 Å². The van der Waals surface area contributed by atoms with Crippen molar-refractivity contribution in [3.8, 4) is 0 Å². The first-order valence-corrected chi connectivity index (χ1v) is 7.02. The van der Waals surface area contributed by atoms with Crippen molar-refractivity contribution in [3.05, 3.63) is 23.4 Å². The molecule has 0 saturated heterocycles. The van der Waals surface area contributed by atoms with Gasteiger partial charge in [-0.25, -0.2) is 4.98 Å². The molecule has 1 heterocycles. The minimum absolute atomic E-state index is 0.0172. The van der Waals surface area contributed by atoms with E-state index in [0.29, 0.717) is 12.5 Å². The number of aryl methyl sites for hydroxylation is 1. The van der Waals surface area contributed by atoms with Gasteiger partial charge in [-0.1, -0.05) is 13.8 Å². The van der Waals surface area contributed by atoms with Crippen LogP contribution in [-0.4, -0.2) is 38.1 Å². The Balaban J connectivity index is 2.65. The number of amides is 1. The third-order valence-electron chi connectivity index (χ3n) is 3.01. The molecule has 5 nitrogen and oxygen atoms in total. The fraction of sp³-hybridized carbons (Fsp3) is 0.600. The lowest BCUT2D eigenvalue weighted by Gasteiger charge is -2.19. The molecule has 0 aliphatic carbocycles. The van der Waals surface area contributed by atoms with Gasteiger partial charge in [-0.2, -0.15) is 0 Å². The lowest BCUT2D eigenvalue weighted by atomic mass is 10.2. The molecule has 0 bridgehead atoms. The summed E-state index contributed by atoms with van der Waals surface area (Å²) >= 11 is 0. The number of pyridine rings is 1. The molecule has 0 saturated carbocycles. The Morgan fingerprint density at radius 2 is 2.15 bits per heavy atom. The molecule has 20 heavy (non-hydrogen) atoms. The topological polar surface area (TPSA) is 57.3 Å². The summed E-state index contributed by atoms with van der Waals surface area (Å²) in [5.74, 6) is 1.47. The van der Waals surface area contributed by atoms with Crippen molar-refractivity contribution in [2.45, 2.75) is 27.3 Å². The van der Waals surface area contributed by atoms with Gasteiger partial charge in [0.05, 0.1) is 6.54 Å². The molecule has 0 fully saturated rings. The van der Waals surface area contributed by atoms with Crippen molar-refractivity contribution >= 4 is 11.7 Å². The maximum atomic E-state index is 11.4. The standard InChI is InChI=1S/C15H26N4O/c1-11(2)7-17-8-13-6-12(3)15(18-9-13)19(5)10-14(20)16-4/h6,9,11,17H,7-8,10H2,1-5H3,(H,16,20). The van der Waals surface area contributed by atoms with Crippen LogP contribution in [0, 0.1) is 12.8 Å². The molecule has 0 spiro atoms. The predicted octanol–water partition coefficient (Wildman–Crippen LogP) is 1.32. The highest BCUT2D eigenvalue weighted by atomic mass is 16.1. The summed E-state index contributed by atoms with van der Waals surface area (Å²) in [5.41, 5.74) is 2.25. The van der Waals surface area contributed by atoms with Crippen LogP contribution in [-0.2, 0) is 11.3 Å². The first-order valence-electron chi connectivity index (χ1n) is 7.02. The molecule has 5 heteroatoms. The van der Waals surface area contributed by atoms with Gasteiger partial charge in [-0.05, 0) is 36.6 Å². The van der Waals surface area contributed by atoms with E-state index in [1.807, 2.05) is 25.1 Å². The summed E-state index contributed by atoms with van der Waals surface area (Å²) in [4.78, 5) is 17.7. The van der Waals surface area contributed by atoms with Crippen molar-refractivity contribution in [1.82, 2.24) is 15.6 Å². The maximum absolute atomic E-state index is 11.4. The zero-order valence-corrected chi connectivity index (χ0v) is 13.2. The van der Waals surface area contributed by atoms with Gasteiger partial charge in [0.15, 0.2) is 0 Å². The van der Waals surface area contributed by atoms with Crippen LogP contribution < -0.4 is 15.5 Å². The van der Waals surface area contributed by atoms with E-state index >= 15 is 0 Å². The Bertz CT molecular complexity index is 445. The summed E-state index contributed by atoms with van der Waals surface area (Å²) in [7, 11) is 3.52. The van der Waals surface area contributed by atoms with Gasteiger partial charge >= 0.3 is 0 Å². The van der Waals surface area contributed by atoms with E-state index in [4.69, 9.17) is 0 Å². The first-order chi connectivity index (χ1) is 9.43. The fourth-order valence-electron chi connectivity index (χ4n) is 2.00. The third-order valence-corrected chi connectivity index (χ3v) is 3.01. The zero-order chi connectivity index (χ0) is 15.1. The number of aromatic nitrogens is 1. The normalized spacial score (nSPS) is 10.7. The van der Waals surface area contributed by atoms with E-state index in [2.05, 4.69) is 35.5 Å². The van der Waals surface area contributed by atoms with Crippen LogP contribution in [0.3, 0.4) is 0 Å². The van der Waals surface area contributed by atoms with Crippen molar-refractivity contribution in [2.75, 3.05) is 32.1 Å². The smallest absolute Gasteiger partial charge is 0.239 e. The Morgan fingerprint density at radius 1 is 1.45 bits per heavy atom. The van der Waals surface area contributed by atoms with Crippen molar-refractivity contribution < 1.29 is 4.79 Å². The number of nitrogens with one attached hydrogen (secondary N) is 2. The van der Waals surface area contributed by atoms with Gasteiger partial charge in [0.1, 0.15) is 5.82 Å². The molecule has 0 unspecified atom stereocenters. The third kappa shape index (κ3) is 5.17. The number of anilines is 1. The van der Waals surface area contributed by atoms with Gasteiger partial charge in [-0.3, -0.25) is 4.79 Å². The minimum Gasteiger partial charge on any atom is -0.358 e. The van der Waals surface area contributed by atoms with E-state index in [0.717, 1.165) is 24.5 Å². The second-order valence-electron chi connectivity index (χ2n) is 5.54. The molecule has 1 aromatic rings. The second kappa shape index (κ2) is 7.85. The Kier molecular flexibility index (Phi) is 6.45. The largest absolute Gasteiger partial charge is 0.358 e. The van der Waals surface area contributed by atoms with Gasteiger partial charge < -0.3 is 15.5 Å². The molecule has 1 rings (SSSR count). The van der Waals surface area contributed by atoms with Crippen LogP contribution in [0.4, 0.5) is 5.82 Å².